The van der Waals surface area contributed by atoms with Crippen LogP contribution in [-0.4, -0.2) is 36.1 Å². The van der Waals surface area contributed by atoms with Gasteiger partial charge in [-0.15, -0.1) is 0 Å². The summed E-state index contributed by atoms with van der Waals surface area (Å²) < 4.78 is 0. The van der Waals surface area contributed by atoms with Crippen molar-refractivity contribution in [2.75, 3.05) is 31.1 Å². The molecule has 0 atom stereocenters. The summed E-state index contributed by atoms with van der Waals surface area (Å²) in [4.78, 5) is 9.20. The van der Waals surface area contributed by atoms with Crippen LogP contribution in [0.25, 0.3) is 0 Å². The zero-order valence-corrected chi connectivity index (χ0v) is 12.7. The molecule has 1 aliphatic rings. The lowest BCUT2D eigenvalue weighted by Crippen LogP contribution is -2.46. The molecule has 0 amide bonds. The fourth-order valence-electron chi connectivity index (χ4n) is 3.00. The minimum absolute atomic E-state index is 1.07. The molecule has 0 radical (unpaired) electrons. The molecule has 1 aromatic carbocycles. The number of aromatic nitrogens is 1. The normalized spacial score (nSPS) is 16.1. The van der Waals surface area contributed by atoms with Crippen LogP contribution in [-0.2, 0) is 13.0 Å². The van der Waals surface area contributed by atoms with Crippen LogP contribution in [0.1, 0.15) is 18.1 Å². The average Bonchev–Trinajstić information content (AvgIpc) is 2.57. The first-order chi connectivity index (χ1) is 10.4. The van der Waals surface area contributed by atoms with Crippen LogP contribution >= 0.6 is 0 Å². The van der Waals surface area contributed by atoms with Crippen LogP contribution in [0.15, 0.2) is 48.8 Å². The van der Waals surface area contributed by atoms with E-state index in [-0.39, 0.29) is 0 Å². The summed E-state index contributed by atoms with van der Waals surface area (Å²) in [7, 11) is 0. The van der Waals surface area contributed by atoms with Crippen molar-refractivity contribution in [3.63, 3.8) is 0 Å². The molecule has 1 aliphatic heterocycles. The molecule has 3 nitrogen and oxygen atoms in total. The van der Waals surface area contributed by atoms with E-state index >= 15 is 0 Å². The van der Waals surface area contributed by atoms with Crippen LogP contribution in [0, 0.1) is 0 Å². The van der Waals surface area contributed by atoms with Gasteiger partial charge in [-0.05, 0) is 29.7 Å². The van der Waals surface area contributed by atoms with Gasteiger partial charge in [0.05, 0.1) is 11.9 Å². The highest BCUT2D eigenvalue weighted by atomic mass is 15.3. The van der Waals surface area contributed by atoms with Crippen LogP contribution in [0.3, 0.4) is 0 Å². The largest absolute Gasteiger partial charge is 0.368 e. The molecule has 0 bridgehead atoms. The SMILES string of the molecule is CCc1ccccc1CN1CCN(c2cccnc2)CC1. The molecule has 1 saturated heterocycles. The van der Waals surface area contributed by atoms with Gasteiger partial charge in [-0.2, -0.15) is 0 Å². The lowest BCUT2D eigenvalue weighted by molar-refractivity contribution is 0.249. The molecular weight excluding hydrogens is 258 g/mol. The van der Waals surface area contributed by atoms with E-state index in [9.17, 15) is 0 Å². The zero-order chi connectivity index (χ0) is 14.5. The Labute approximate surface area is 127 Å². The zero-order valence-electron chi connectivity index (χ0n) is 12.7. The standard InChI is InChI=1S/C18H23N3/c1-2-16-6-3-4-7-17(16)15-20-10-12-21(13-11-20)18-8-5-9-19-14-18/h3-9,14H,2,10-13,15H2,1H3. The highest BCUT2D eigenvalue weighted by Crippen LogP contribution is 2.17. The second-order valence-electron chi connectivity index (χ2n) is 5.60. The topological polar surface area (TPSA) is 19.4 Å². The van der Waals surface area contributed by atoms with Gasteiger partial charge >= 0.3 is 0 Å². The second kappa shape index (κ2) is 6.72. The smallest absolute Gasteiger partial charge is 0.0553 e. The highest BCUT2D eigenvalue weighted by molar-refractivity contribution is 5.44. The quantitative estimate of drug-likeness (QED) is 0.859. The van der Waals surface area contributed by atoms with Crippen molar-refractivity contribution in [2.24, 2.45) is 0 Å². The Hall–Kier alpha value is -1.87. The molecule has 110 valence electrons. The summed E-state index contributed by atoms with van der Waals surface area (Å²) in [5, 5.41) is 0. The molecule has 21 heavy (non-hydrogen) atoms. The molecule has 1 aromatic heterocycles. The number of anilines is 1. The predicted molar refractivity (Wildman–Crippen MR) is 87.5 cm³/mol. The number of hydrogen-bond donors (Lipinski definition) is 0. The van der Waals surface area contributed by atoms with Gasteiger partial charge in [-0.1, -0.05) is 31.2 Å². The first-order valence-corrected chi connectivity index (χ1v) is 7.81. The summed E-state index contributed by atoms with van der Waals surface area (Å²) in [5.74, 6) is 0. The number of benzene rings is 1. The van der Waals surface area contributed by atoms with Crippen molar-refractivity contribution >= 4 is 5.69 Å². The number of nitrogens with zero attached hydrogens (tertiary/aromatic N) is 3. The summed E-state index contributed by atoms with van der Waals surface area (Å²) in [6.07, 6.45) is 4.91. The third-order valence-corrected chi connectivity index (χ3v) is 4.28. The average molecular weight is 281 g/mol. The van der Waals surface area contributed by atoms with Gasteiger partial charge in [-0.25, -0.2) is 0 Å². The molecule has 0 spiro atoms. The Morgan fingerprint density at radius 1 is 0.952 bits per heavy atom. The number of hydrogen-bond acceptors (Lipinski definition) is 3. The lowest BCUT2D eigenvalue weighted by Gasteiger charge is -2.36. The van der Waals surface area contributed by atoms with E-state index in [1.165, 1.54) is 16.8 Å². The Balaban J connectivity index is 1.59. The van der Waals surface area contributed by atoms with E-state index in [1.54, 1.807) is 0 Å². The molecule has 0 aliphatic carbocycles. The van der Waals surface area contributed by atoms with Gasteiger partial charge in [0.15, 0.2) is 0 Å². The molecule has 2 aromatic rings. The van der Waals surface area contributed by atoms with E-state index in [2.05, 4.69) is 52.0 Å². The summed E-state index contributed by atoms with van der Waals surface area (Å²) in [5.41, 5.74) is 4.20. The van der Waals surface area contributed by atoms with Crippen molar-refractivity contribution in [2.45, 2.75) is 19.9 Å². The number of pyridine rings is 1. The Morgan fingerprint density at radius 2 is 1.71 bits per heavy atom. The lowest BCUT2D eigenvalue weighted by atomic mass is 10.0. The van der Waals surface area contributed by atoms with Gasteiger partial charge < -0.3 is 4.90 Å². The van der Waals surface area contributed by atoms with E-state index < -0.39 is 0 Å². The summed E-state index contributed by atoms with van der Waals surface area (Å²) >= 11 is 0. The van der Waals surface area contributed by atoms with Gasteiger partial charge in [-0.3, -0.25) is 9.88 Å². The van der Waals surface area contributed by atoms with Crippen LogP contribution in [0.4, 0.5) is 5.69 Å². The van der Waals surface area contributed by atoms with Gasteiger partial charge in [0.25, 0.3) is 0 Å². The van der Waals surface area contributed by atoms with E-state index in [1.807, 2.05) is 18.5 Å². The number of piperazine rings is 1. The Morgan fingerprint density at radius 3 is 2.38 bits per heavy atom. The van der Waals surface area contributed by atoms with Crippen LogP contribution in [0.5, 0.6) is 0 Å². The van der Waals surface area contributed by atoms with Crippen molar-refractivity contribution in [1.29, 1.82) is 0 Å². The highest BCUT2D eigenvalue weighted by Gasteiger charge is 2.17. The van der Waals surface area contributed by atoms with Crippen molar-refractivity contribution in [3.8, 4) is 0 Å². The van der Waals surface area contributed by atoms with Crippen LogP contribution in [0.2, 0.25) is 0 Å². The maximum absolute atomic E-state index is 4.21. The molecular formula is C18H23N3. The maximum Gasteiger partial charge on any atom is 0.0553 e. The number of aryl methyl sites for hydroxylation is 1. The third kappa shape index (κ3) is 3.42. The van der Waals surface area contributed by atoms with Crippen molar-refractivity contribution in [3.05, 3.63) is 59.9 Å². The molecule has 0 N–H and O–H groups in total. The van der Waals surface area contributed by atoms with Crippen LogP contribution < -0.4 is 4.90 Å². The number of rotatable bonds is 4. The van der Waals surface area contributed by atoms with Crippen molar-refractivity contribution in [1.82, 2.24) is 9.88 Å². The fraction of sp³-hybridized carbons (Fsp3) is 0.389. The first kappa shape index (κ1) is 14.1. The summed E-state index contributed by atoms with van der Waals surface area (Å²) in [6.45, 7) is 7.71. The molecule has 0 unspecified atom stereocenters. The van der Waals surface area contributed by atoms with E-state index in [4.69, 9.17) is 0 Å². The second-order valence-corrected chi connectivity index (χ2v) is 5.60. The Kier molecular flexibility index (Phi) is 4.51. The molecule has 0 saturated carbocycles. The molecule has 1 fully saturated rings. The third-order valence-electron chi connectivity index (χ3n) is 4.28. The Bertz CT molecular complexity index is 560. The monoisotopic (exact) mass is 281 g/mol. The molecule has 3 rings (SSSR count). The van der Waals surface area contributed by atoms with Gasteiger partial charge in [0, 0.05) is 38.9 Å². The van der Waals surface area contributed by atoms with Crippen molar-refractivity contribution < 1.29 is 0 Å². The first-order valence-electron chi connectivity index (χ1n) is 7.81. The van der Waals surface area contributed by atoms with E-state index in [0.717, 1.165) is 39.1 Å². The van der Waals surface area contributed by atoms with E-state index in [0.29, 0.717) is 0 Å². The van der Waals surface area contributed by atoms with Gasteiger partial charge in [0.2, 0.25) is 0 Å². The van der Waals surface area contributed by atoms with Gasteiger partial charge in [0.1, 0.15) is 0 Å². The minimum Gasteiger partial charge on any atom is -0.368 e. The molecule has 2 heterocycles. The fourth-order valence-corrected chi connectivity index (χ4v) is 3.00. The predicted octanol–water partition coefficient (Wildman–Crippen LogP) is 2.97. The maximum atomic E-state index is 4.21. The summed E-state index contributed by atoms with van der Waals surface area (Å²) in [6, 6.07) is 13.0. The minimum atomic E-state index is 1.07. The molecule has 3 heteroatoms.